The van der Waals surface area contributed by atoms with Crippen molar-refractivity contribution in [3.63, 3.8) is 0 Å². The summed E-state index contributed by atoms with van der Waals surface area (Å²) in [4.78, 5) is 11.2. The van der Waals surface area contributed by atoms with Crippen LogP contribution < -0.4 is 10.1 Å². The van der Waals surface area contributed by atoms with Crippen molar-refractivity contribution in [1.29, 1.82) is 0 Å². The largest absolute Gasteiger partial charge is 0.416 e. The molecule has 0 saturated carbocycles. The Bertz CT molecular complexity index is 1140. The molecular weight excluding hydrogens is 544 g/mol. The summed E-state index contributed by atoms with van der Waals surface area (Å²) in [5.41, 5.74) is -0.958. The SMILES string of the molecule is CSCC[C@@H](NS(=O)(=O)c1cc(C(F)(F)F)cc(C(F)(F)F)c1)C(=O)N/N=C\c1ccc(Cl)cc1. The van der Waals surface area contributed by atoms with E-state index in [1.54, 1.807) is 30.5 Å². The number of sulfonamides is 1. The highest BCUT2D eigenvalue weighted by Crippen LogP contribution is 2.37. The molecule has 0 aliphatic carbocycles. The van der Waals surface area contributed by atoms with Crippen LogP contribution in [-0.2, 0) is 27.2 Å². The lowest BCUT2D eigenvalue weighted by molar-refractivity contribution is -0.143. The fraction of sp³-hybridized carbons (Fsp3) is 0.300. The lowest BCUT2D eigenvalue weighted by Gasteiger charge is -2.19. The molecule has 0 aliphatic heterocycles. The zero-order valence-corrected chi connectivity index (χ0v) is 20.1. The number of nitrogens with zero attached hydrogens (tertiary/aromatic N) is 1. The van der Waals surface area contributed by atoms with Gasteiger partial charge in [-0.2, -0.15) is 47.9 Å². The minimum absolute atomic E-state index is 0.0692. The number of benzene rings is 2. The van der Waals surface area contributed by atoms with Crippen LogP contribution in [-0.4, -0.2) is 38.6 Å². The summed E-state index contributed by atoms with van der Waals surface area (Å²) in [5.74, 6) is -0.714. The molecule has 0 radical (unpaired) electrons. The molecule has 0 heterocycles. The summed E-state index contributed by atoms with van der Waals surface area (Å²) < 4.78 is 106. The van der Waals surface area contributed by atoms with Gasteiger partial charge in [-0.15, -0.1) is 0 Å². The molecule has 1 atom stereocenters. The molecule has 192 valence electrons. The van der Waals surface area contributed by atoms with Gasteiger partial charge in [-0.05, 0) is 54.3 Å². The van der Waals surface area contributed by atoms with E-state index in [1.807, 2.05) is 4.72 Å². The molecule has 2 aromatic rings. The molecule has 0 bridgehead atoms. The third-order valence-electron chi connectivity index (χ3n) is 4.35. The molecule has 2 N–H and O–H groups in total. The Morgan fingerprint density at radius 3 is 2.09 bits per heavy atom. The van der Waals surface area contributed by atoms with E-state index < -0.39 is 50.3 Å². The first-order valence-electron chi connectivity index (χ1n) is 9.53. The van der Waals surface area contributed by atoms with Gasteiger partial charge in [0.1, 0.15) is 6.04 Å². The van der Waals surface area contributed by atoms with E-state index in [9.17, 15) is 39.6 Å². The van der Waals surface area contributed by atoms with Gasteiger partial charge in [0.05, 0.1) is 22.2 Å². The Hall–Kier alpha value is -2.29. The van der Waals surface area contributed by atoms with Crippen LogP contribution in [0.2, 0.25) is 5.02 Å². The Morgan fingerprint density at radius 1 is 1.06 bits per heavy atom. The van der Waals surface area contributed by atoms with Crippen LogP contribution in [0.4, 0.5) is 26.3 Å². The van der Waals surface area contributed by atoms with Crippen LogP contribution in [0.15, 0.2) is 52.5 Å². The lowest BCUT2D eigenvalue weighted by atomic mass is 10.1. The average Bonchev–Trinajstić information content (AvgIpc) is 2.76. The topological polar surface area (TPSA) is 87.6 Å². The molecule has 1 amide bonds. The highest BCUT2D eigenvalue weighted by molar-refractivity contribution is 7.98. The molecule has 2 aromatic carbocycles. The number of thioether (sulfide) groups is 1. The zero-order valence-electron chi connectivity index (χ0n) is 17.7. The molecule has 15 heteroatoms. The summed E-state index contributed by atoms with van der Waals surface area (Å²) in [6, 6.07) is 4.70. The number of amides is 1. The second-order valence-electron chi connectivity index (χ2n) is 6.98. The number of rotatable bonds is 9. The van der Waals surface area contributed by atoms with Gasteiger partial charge in [0.25, 0.3) is 5.91 Å². The quantitative estimate of drug-likeness (QED) is 0.258. The number of hydrogen-bond acceptors (Lipinski definition) is 5. The monoisotopic (exact) mass is 561 g/mol. The van der Waals surface area contributed by atoms with Crippen LogP contribution >= 0.6 is 23.4 Å². The van der Waals surface area contributed by atoms with Gasteiger partial charge in [0, 0.05) is 5.02 Å². The first-order chi connectivity index (χ1) is 16.1. The van der Waals surface area contributed by atoms with E-state index in [1.165, 1.54) is 18.0 Å². The number of nitrogens with one attached hydrogen (secondary N) is 2. The Kier molecular flexibility index (Phi) is 9.62. The van der Waals surface area contributed by atoms with Gasteiger partial charge in [-0.1, -0.05) is 23.7 Å². The standard InChI is InChI=1S/C20H18ClF6N3O3S2/c1-34-7-6-17(18(31)29-28-11-12-2-4-15(21)5-3-12)30-35(32,33)16-9-13(19(22,23)24)8-14(10-16)20(25,26)27/h2-5,8-11,17,30H,6-7H2,1H3,(H,29,31)/b28-11-/t17-/m1/s1. The van der Waals surface area contributed by atoms with Crippen LogP contribution in [0.25, 0.3) is 0 Å². The average molecular weight is 562 g/mol. The van der Waals surface area contributed by atoms with Gasteiger partial charge in [0.15, 0.2) is 0 Å². The number of alkyl halides is 6. The van der Waals surface area contributed by atoms with Crippen LogP contribution in [0, 0.1) is 0 Å². The molecule has 0 fully saturated rings. The van der Waals surface area contributed by atoms with Crippen molar-refractivity contribution in [2.75, 3.05) is 12.0 Å². The van der Waals surface area contributed by atoms with Gasteiger partial charge < -0.3 is 0 Å². The van der Waals surface area contributed by atoms with Crippen molar-refractivity contribution in [3.05, 3.63) is 64.2 Å². The number of carbonyl (C=O) groups excluding carboxylic acids is 1. The summed E-state index contributed by atoms with van der Waals surface area (Å²) >= 11 is 7.00. The van der Waals surface area contributed by atoms with Gasteiger partial charge >= 0.3 is 12.4 Å². The minimum atomic E-state index is -5.24. The lowest BCUT2D eigenvalue weighted by Crippen LogP contribution is -2.45. The zero-order chi connectivity index (χ0) is 26.4. The summed E-state index contributed by atoms with van der Waals surface area (Å²) in [6.45, 7) is 0. The fourth-order valence-electron chi connectivity index (χ4n) is 2.61. The Morgan fingerprint density at radius 2 is 1.60 bits per heavy atom. The van der Waals surface area contributed by atoms with E-state index in [0.717, 1.165) is 0 Å². The molecule has 0 unspecified atom stereocenters. The highest BCUT2D eigenvalue weighted by atomic mass is 35.5. The molecule has 2 rings (SSSR count). The first-order valence-corrected chi connectivity index (χ1v) is 12.8. The summed E-state index contributed by atoms with van der Waals surface area (Å²) in [7, 11) is -4.97. The third kappa shape index (κ3) is 8.70. The minimum Gasteiger partial charge on any atom is -0.271 e. The van der Waals surface area contributed by atoms with Crippen molar-refractivity contribution >= 4 is 45.5 Å². The summed E-state index contributed by atoms with van der Waals surface area (Å²) in [5, 5.41) is 4.15. The van der Waals surface area contributed by atoms with Gasteiger partial charge in [-0.3, -0.25) is 4.79 Å². The number of carbonyl (C=O) groups is 1. The van der Waals surface area contributed by atoms with Crippen molar-refractivity contribution in [3.8, 4) is 0 Å². The van der Waals surface area contributed by atoms with Crippen molar-refractivity contribution in [2.45, 2.75) is 29.7 Å². The van der Waals surface area contributed by atoms with Gasteiger partial charge in [0.2, 0.25) is 10.0 Å². The van der Waals surface area contributed by atoms with E-state index in [-0.39, 0.29) is 30.4 Å². The Balaban J connectivity index is 2.32. The predicted octanol–water partition coefficient (Wildman–Crippen LogP) is 4.93. The molecule has 35 heavy (non-hydrogen) atoms. The molecule has 0 aromatic heterocycles. The van der Waals surface area contributed by atoms with Crippen molar-refractivity contribution in [2.24, 2.45) is 5.10 Å². The number of halogens is 7. The smallest absolute Gasteiger partial charge is 0.271 e. The fourth-order valence-corrected chi connectivity index (χ4v) is 4.51. The van der Waals surface area contributed by atoms with Crippen LogP contribution in [0.1, 0.15) is 23.1 Å². The highest BCUT2D eigenvalue weighted by Gasteiger charge is 2.38. The molecular formula is C20H18ClF6N3O3S2. The normalized spacial score (nSPS) is 13.7. The van der Waals surface area contributed by atoms with E-state index in [0.29, 0.717) is 10.6 Å². The number of hydrazone groups is 1. The maximum atomic E-state index is 13.1. The Labute approximate surface area is 206 Å². The predicted molar refractivity (Wildman–Crippen MR) is 121 cm³/mol. The maximum Gasteiger partial charge on any atom is 0.416 e. The first kappa shape index (κ1) is 28.9. The molecule has 0 saturated heterocycles. The third-order valence-corrected chi connectivity index (χ3v) is 6.70. The molecule has 6 nitrogen and oxygen atoms in total. The van der Waals surface area contributed by atoms with E-state index >= 15 is 0 Å². The summed E-state index contributed by atoms with van der Waals surface area (Å²) in [6.07, 6.45) is -7.70. The van der Waals surface area contributed by atoms with E-state index in [2.05, 4.69) is 10.5 Å². The molecule has 0 spiro atoms. The second kappa shape index (κ2) is 11.6. The van der Waals surface area contributed by atoms with Crippen LogP contribution in [0.5, 0.6) is 0 Å². The second-order valence-corrected chi connectivity index (χ2v) is 10.1. The van der Waals surface area contributed by atoms with Crippen molar-refractivity contribution < 1.29 is 39.6 Å². The van der Waals surface area contributed by atoms with Gasteiger partial charge in [-0.25, -0.2) is 13.8 Å². The molecule has 0 aliphatic rings. The maximum absolute atomic E-state index is 13.1. The van der Waals surface area contributed by atoms with Crippen molar-refractivity contribution in [1.82, 2.24) is 10.1 Å². The van der Waals surface area contributed by atoms with E-state index in [4.69, 9.17) is 11.6 Å². The van der Waals surface area contributed by atoms with Crippen LogP contribution in [0.3, 0.4) is 0 Å². The number of hydrogen-bond donors (Lipinski definition) is 2.